The molecule has 6 heteroatoms. The third kappa shape index (κ3) is 7.63. The number of hydrogen-bond donors (Lipinski definition) is 3. The van der Waals surface area contributed by atoms with Gasteiger partial charge in [0.2, 0.25) is 5.91 Å². The van der Waals surface area contributed by atoms with E-state index in [2.05, 4.69) is 41.7 Å². The molecule has 1 rings (SSSR count). The molecule has 0 bridgehead atoms. The highest BCUT2D eigenvalue weighted by atomic mass is 127. The minimum Gasteiger partial charge on any atom is -0.354 e. The maximum atomic E-state index is 11.1. The van der Waals surface area contributed by atoms with E-state index < -0.39 is 0 Å². The van der Waals surface area contributed by atoms with Crippen molar-refractivity contribution in [3.63, 3.8) is 0 Å². The van der Waals surface area contributed by atoms with Gasteiger partial charge >= 0.3 is 0 Å². The molecule has 1 aromatic rings. The fourth-order valence-corrected chi connectivity index (χ4v) is 1.73. The number of benzene rings is 1. The van der Waals surface area contributed by atoms with Crippen LogP contribution in [0.1, 0.15) is 33.3 Å². The van der Waals surface area contributed by atoms with Crippen molar-refractivity contribution in [3.8, 4) is 0 Å². The van der Waals surface area contributed by atoms with E-state index in [1.165, 1.54) is 6.92 Å². The topological polar surface area (TPSA) is 65.5 Å². The standard InChI is InChI=1S/C16H26N4O.HI/c1-11(2)12(3)19-16(17-5)18-10-14-7-6-8-15(9-14)20-13(4)21;/h6-9,11-12H,10H2,1-5H3,(H,20,21)(H2,17,18,19);1H. The molecule has 1 atom stereocenters. The lowest BCUT2D eigenvalue weighted by Crippen LogP contribution is -2.43. The van der Waals surface area contributed by atoms with Crippen LogP contribution in [-0.2, 0) is 11.3 Å². The van der Waals surface area contributed by atoms with Crippen molar-refractivity contribution in [1.29, 1.82) is 0 Å². The molecule has 22 heavy (non-hydrogen) atoms. The summed E-state index contributed by atoms with van der Waals surface area (Å²) in [5.41, 5.74) is 1.89. The molecule has 0 aliphatic heterocycles. The largest absolute Gasteiger partial charge is 0.354 e. The molecule has 0 aromatic heterocycles. The molecule has 124 valence electrons. The summed E-state index contributed by atoms with van der Waals surface area (Å²) in [6, 6.07) is 8.11. The Morgan fingerprint density at radius 1 is 1.27 bits per heavy atom. The van der Waals surface area contributed by atoms with Gasteiger partial charge in [0.1, 0.15) is 0 Å². The third-order valence-corrected chi connectivity index (χ3v) is 3.30. The summed E-state index contributed by atoms with van der Waals surface area (Å²) >= 11 is 0. The molecular formula is C16H27IN4O. The van der Waals surface area contributed by atoms with Gasteiger partial charge in [0.05, 0.1) is 0 Å². The van der Waals surface area contributed by atoms with E-state index in [4.69, 9.17) is 0 Å². The first-order chi connectivity index (χ1) is 9.92. The fraction of sp³-hybridized carbons (Fsp3) is 0.500. The van der Waals surface area contributed by atoms with Crippen LogP contribution in [0.5, 0.6) is 0 Å². The molecule has 0 saturated carbocycles. The van der Waals surface area contributed by atoms with Crippen LogP contribution in [0, 0.1) is 5.92 Å². The Kier molecular flexibility index (Phi) is 9.80. The lowest BCUT2D eigenvalue weighted by molar-refractivity contribution is -0.114. The van der Waals surface area contributed by atoms with Crippen LogP contribution in [-0.4, -0.2) is 25.0 Å². The van der Waals surface area contributed by atoms with E-state index in [9.17, 15) is 4.79 Å². The molecule has 1 amide bonds. The van der Waals surface area contributed by atoms with Gasteiger partial charge < -0.3 is 16.0 Å². The van der Waals surface area contributed by atoms with E-state index in [1.54, 1.807) is 7.05 Å². The summed E-state index contributed by atoms with van der Waals surface area (Å²) < 4.78 is 0. The van der Waals surface area contributed by atoms with Crippen molar-refractivity contribution in [3.05, 3.63) is 29.8 Å². The highest BCUT2D eigenvalue weighted by Crippen LogP contribution is 2.10. The molecule has 0 heterocycles. The van der Waals surface area contributed by atoms with Crippen molar-refractivity contribution in [2.45, 2.75) is 40.3 Å². The van der Waals surface area contributed by atoms with E-state index in [-0.39, 0.29) is 29.9 Å². The molecule has 0 fully saturated rings. The number of hydrogen-bond acceptors (Lipinski definition) is 2. The molecule has 1 aromatic carbocycles. The van der Waals surface area contributed by atoms with Gasteiger partial charge in [0.15, 0.2) is 5.96 Å². The number of carbonyl (C=O) groups excluding carboxylic acids is 1. The van der Waals surface area contributed by atoms with Crippen molar-refractivity contribution in [1.82, 2.24) is 10.6 Å². The van der Waals surface area contributed by atoms with Crippen molar-refractivity contribution in [2.24, 2.45) is 10.9 Å². The second kappa shape index (κ2) is 10.4. The van der Waals surface area contributed by atoms with Gasteiger partial charge in [0.25, 0.3) is 0 Å². The first-order valence-corrected chi connectivity index (χ1v) is 7.26. The number of aliphatic imine (C=N–C) groups is 1. The van der Waals surface area contributed by atoms with Crippen LogP contribution in [0.3, 0.4) is 0 Å². The monoisotopic (exact) mass is 418 g/mol. The van der Waals surface area contributed by atoms with E-state index in [0.29, 0.717) is 18.5 Å². The first kappa shape index (κ1) is 20.7. The van der Waals surface area contributed by atoms with E-state index in [0.717, 1.165) is 17.2 Å². The number of rotatable bonds is 5. The summed E-state index contributed by atoms with van der Waals surface area (Å²) in [7, 11) is 1.76. The highest BCUT2D eigenvalue weighted by molar-refractivity contribution is 14.0. The maximum absolute atomic E-state index is 11.1. The maximum Gasteiger partial charge on any atom is 0.221 e. The molecule has 3 N–H and O–H groups in total. The molecular weight excluding hydrogens is 391 g/mol. The normalized spacial score (nSPS) is 12.4. The number of guanidine groups is 1. The molecule has 0 aliphatic carbocycles. The Morgan fingerprint density at radius 2 is 1.95 bits per heavy atom. The van der Waals surface area contributed by atoms with Crippen LogP contribution in [0.4, 0.5) is 5.69 Å². The second-order valence-electron chi connectivity index (χ2n) is 5.48. The molecule has 5 nitrogen and oxygen atoms in total. The van der Waals surface area contributed by atoms with Crippen LogP contribution >= 0.6 is 24.0 Å². The summed E-state index contributed by atoms with van der Waals surface area (Å²) in [5.74, 6) is 1.25. The van der Waals surface area contributed by atoms with E-state index in [1.807, 2.05) is 24.3 Å². The predicted octanol–water partition coefficient (Wildman–Crippen LogP) is 2.97. The lowest BCUT2D eigenvalue weighted by Gasteiger charge is -2.20. The van der Waals surface area contributed by atoms with Gasteiger partial charge in [-0.3, -0.25) is 9.79 Å². The molecule has 0 saturated heterocycles. The van der Waals surface area contributed by atoms with Gasteiger partial charge in [-0.15, -0.1) is 24.0 Å². The van der Waals surface area contributed by atoms with Crippen molar-refractivity contribution in [2.75, 3.05) is 12.4 Å². The Bertz CT molecular complexity index is 503. The molecule has 1 unspecified atom stereocenters. The fourth-order valence-electron chi connectivity index (χ4n) is 1.73. The van der Waals surface area contributed by atoms with Gasteiger partial charge in [-0.1, -0.05) is 26.0 Å². The Balaban J connectivity index is 0.00000441. The Hall–Kier alpha value is -1.31. The molecule has 0 spiro atoms. The van der Waals surface area contributed by atoms with Gasteiger partial charge in [-0.25, -0.2) is 0 Å². The SMILES string of the molecule is CN=C(NCc1cccc(NC(C)=O)c1)NC(C)C(C)C.I. The summed E-state index contributed by atoms with van der Waals surface area (Å²) in [6.45, 7) is 8.63. The number of halogens is 1. The van der Waals surface area contributed by atoms with Gasteiger partial charge in [0, 0.05) is 32.2 Å². The third-order valence-electron chi connectivity index (χ3n) is 3.30. The molecule has 0 aliphatic rings. The Labute approximate surface area is 150 Å². The van der Waals surface area contributed by atoms with Gasteiger partial charge in [-0.2, -0.15) is 0 Å². The minimum absolute atomic E-state index is 0. The average Bonchev–Trinajstić information content (AvgIpc) is 2.42. The number of amides is 1. The summed E-state index contributed by atoms with van der Waals surface area (Å²) in [4.78, 5) is 15.3. The zero-order valence-electron chi connectivity index (χ0n) is 13.9. The van der Waals surface area contributed by atoms with E-state index >= 15 is 0 Å². The first-order valence-electron chi connectivity index (χ1n) is 7.26. The number of nitrogens with zero attached hydrogens (tertiary/aromatic N) is 1. The van der Waals surface area contributed by atoms with Gasteiger partial charge in [-0.05, 0) is 30.5 Å². The lowest BCUT2D eigenvalue weighted by atomic mass is 10.1. The highest BCUT2D eigenvalue weighted by Gasteiger charge is 2.08. The van der Waals surface area contributed by atoms with Crippen LogP contribution in [0.2, 0.25) is 0 Å². The van der Waals surface area contributed by atoms with Crippen molar-refractivity contribution < 1.29 is 4.79 Å². The summed E-state index contributed by atoms with van der Waals surface area (Å²) in [5, 5.41) is 9.41. The summed E-state index contributed by atoms with van der Waals surface area (Å²) in [6.07, 6.45) is 0. The smallest absolute Gasteiger partial charge is 0.221 e. The molecule has 0 radical (unpaired) electrons. The minimum atomic E-state index is -0.0663. The number of nitrogens with one attached hydrogen (secondary N) is 3. The number of carbonyl (C=O) groups is 1. The second-order valence-corrected chi connectivity index (χ2v) is 5.48. The Morgan fingerprint density at radius 3 is 2.50 bits per heavy atom. The predicted molar refractivity (Wildman–Crippen MR) is 104 cm³/mol. The zero-order chi connectivity index (χ0) is 15.8. The average molecular weight is 418 g/mol. The van der Waals surface area contributed by atoms with Crippen LogP contribution in [0.25, 0.3) is 0 Å². The van der Waals surface area contributed by atoms with Crippen LogP contribution < -0.4 is 16.0 Å². The van der Waals surface area contributed by atoms with Crippen LogP contribution in [0.15, 0.2) is 29.3 Å². The number of anilines is 1. The quantitative estimate of drug-likeness (QED) is 0.392. The van der Waals surface area contributed by atoms with Crippen molar-refractivity contribution >= 4 is 41.5 Å². The zero-order valence-corrected chi connectivity index (χ0v) is 16.3.